The molecule has 0 aromatic heterocycles. The molecule has 0 bridgehead atoms. The first-order valence-corrected chi connectivity index (χ1v) is 8.57. The SMILES string of the molecule is CC(C)COCCC(=O)NS(=O)(=O)Cc1ccc(C#N)cc1. The molecular formula is C15H20N2O4S. The highest BCUT2D eigenvalue weighted by Crippen LogP contribution is 2.07. The summed E-state index contributed by atoms with van der Waals surface area (Å²) in [6.07, 6.45) is -0.000674. The lowest BCUT2D eigenvalue weighted by molar-refractivity contribution is -0.120. The first kappa shape index (κ1) is 18.1. The topological polar surface area (TPSA) is 96.3 Å². The second-order valence-electron chi connectivity index (χ2n) is 5.31. The first-order chi connectivity index (χ1) is 10.3. The van der Waals surface area contributed by atoms with Gasteiger partial charge in [-0.2, -0.15) is 5.26 Å². The highest BCUT2D eigenvalue weighted by atomic mass is 32.2. The molecule has 0 fully saturated rings. The molecule has 6 nitrogen and oxygen atoms in total. The van der Waals surface area contributed by atoms with Gasteiger partial charge in [-0.25, -0.2) is 8.42 Å². The standard InChI is InChI=1S/C15H20N2O4S/c1-12(2)10-21-8-7-15(18)17-22(19,20)11-14-5-3-13(9-16)4-6-14/h3-6,12H,7-8,10-11H2,1-2H3,(H,17,18). The van der Waals surface area contributed by atoms with Gasteiger partial charge in [0.25, 0.3) is 0 Å². The van der Waals surface area contributed by atoms with Crippen molar-refractivity contribution in [2.45, 2.75) is 26.0 Å². The molecule has 0 aliphatic rings. The minimum Gasteiger partial charge on any atom is -0.381 e. The normalized spacial score (nSPS) is 11.2. The molecular weight excluding hydrogens is 304 g/mol. The molecule has 7 heteroatoms. The van der Waals surface area contributed by atoms with Crippen LogP contribution in [0.5, 0.6) is 0 Å². The lowest BCUT2D eigenvalue weighted by Gasteiger charge is -2.08. The second kappa shape index (κ2) is 8.51. The molecule has 0 aliphatic carbocycles. The zero-order valence-corrected chi connectivity index (χ0v) is 13.5. The van der Waals surface area contributed by atoms with Crippen LogP contribution in [0.4, 0.5) is 0 Å². The van der Waals surface area contributed by atoms with Crippen molar-refractivity contribution < 1.29 is 17.9 Å². The van der Waals surface area contributed by atoms with Gasteiger partial charge in [0.15, 0.2) is 0 Å². The molecule has 0 unspecified atom stereocenters. The first-order valence-electron chi connectivity index (χ1n) is 6.92. The van der Waals surface area contributed by atoms with Crippen LogP contribution in [0.3, 0.4) is 0 Å². The number of carbonyl (C=O) groups is 1. The van der Waals surface area contributed by atoms with Gasteiger partial charge in [0.05, 0.1) is 30.4 Å². The number of nitrogens with zero attached hydrogens (tertiary/aromatic N) is 1. The van der Waals surface area contributed by atoms with E-state index in [0.717, 1.165) is 0 Å². The predicted octanol–water partition coefficient (Wildman–Crippen LogP) is 1.57. The van der Waals surface area contributed by atoms with Gasteiger partial charge in [0.1, 0.15) is 0 Å². The maximum atomic E-state index is 11.9. The number of benzene rings is 1. The van der Waals surface area contributed by atoms with E-state index in [9.17, 15) is 13.2 Å². The minimum atomic E-state index is -3.74. The molecule has 0 heterocycles. The third kappa shape index (κ3) is 7.20. The molecule has 0 saturated carbocycles. The molecule has 1 rings (SSSR count). The summed E-state index contributed by atoms with van der Waals surface area (Å²) in [4.78, 5) is 11.6. The van der Waals surface area contributed by atoms with Crippen molar-refractivity contribution in [3.8, 4) is 6.07 Å². The average molecular weight is 324 g/mol. The van der Waals surface area contributed by atoms with E-state index in [-0.39, 0.29) is 18.8 Å². The van der Waals surface area contributed by atoms with Gasteiger partial charge >= 0.3 is 0 Å². The van der Waals surface area contributed by atoms with Crippen LogP contribution < -0.4 is 4.72 Å². The van der Waals surface area contributed by atoms with E-state index in [1.165, 1.54) is 12.1 Å². The monoisotopic (exact) mass is 324 g/mol. The van der Waals surface area contributed by atoms with E-state index in [4.69, 9.17) is 10.00 Å². The highest BCUT2D eigenvalue weighted by molar-refractivity contribution is 7.89. The highest BCUT2D eigenvalue weighted by Gasteiger charge is 2.15. The Kier molecular flexibility index (Phi) is 7.02. The fraction of sp³-hybridized carbons (Fsp3) is 0.467. The summed E-state index contributed by atoms with van der Waals surface area (Å²) < 4.78 is 31.0. The van der Waals surface area contributed by atoms with Crippen molar-refractivity contribution in [1.82, 2.24) is 4.72 Å². The maximum absolute atomic E-state index is 11.9. The lowest BCUT2D eigenvalue weighted by Crippen LogP contribution is -2.32. The summed E-state index contributed by atoms with van der Waals surface area (Å²) >= 11 is 0. The number of nitrogens with one attached hydrogen (secondary N) is 1. The van der Waals surface area contributed by atoms with Gasteiger partial charge in [0, 0.05) is 6.61 Å². The largest absolute Gasteiger partial charge is 0.381 e. The van der Waals surface area contributed by atoms with E-state index in [1.807, 2.05) is 24.6 Å². The zero-order valence-electron chi connectivity index (χ0n) is 12.7. The zero-order chi connectivity index (χ0) is 16.6. The summed E-state index contributed by atoms with van der Waals surface area (Å²) in [6, 6.07) is 8.12. The number of rotatable bonds is 8. The van der Waals surface area contributed by atoms with Crippen molar-refractivity contribution in [2.24, 2.45) is 5.92 Å². The van der Waals surface area contributed by atoms with Crippen molar-refractivity contribution in [3.63, 3.8) is 0 Å². The molecule has 120 valence electrons. The van der Waals surface area contributed by atoms with Gasteiger partial charge in [-0.15, -0.1) is 0 Å². The summed E-state index contributed by atoms with van der Waals surface area (Å²) in [7, 11) is -3.74. The van der Waals surface area contributed by atoms with Crippen LogP contribution in [0.1, 0.15) is 31.4 Å². The Morgan fingerprint density at radius 1 is 1.32 bits per heavy atom. The van der Waals surface area contributed by atoms with E-state index in [2.05, 4.69) is 0 Å². The van der Waals surface area contributed by atoms with Crippen LogP contribution in [0.2, 0.25) is 0 Å². The third-order valence-corrected chi connectivity index (χ3v) is 3.89. The van der Waals surface area contributed by atoms with Crippen LogP contribution in [0.25, 0.3) is 0 Å². The Hall–Kier alpha value is -1.91. The Morgan fingerprint density at radius 3 is 2.50 bits per heavy atom. The van der Waals surface area contributed by atoms with E-state index >= 15 is 0 Å². The van der Waals surface area contributed by atoms with Crippen molar-refractivity contribution in [2.75, 3.05) is 13.2 Å². The van der Waals surface area contributed by atoms with Crippen LogP contribution in [-0.2, 0) is 25.3 Å². The van der Waals surface area contributed by atoms with Crippen LogP contribution in [-0.4, -0.2) is 27.5 Å². The van der Waals surface area contributed by atoms with Crippen molar-refractivity contribution in [1.29, 1.82) is 5.26 Å². The number of hydrogen-bond donors (Lipinski definition) is 1. The molecule has 0 atom stereocenters. The summed E-state index contributed by atoms with van der Waals surface area (Å²) in [5.74, 6) is -0.530. The smallest absolute Gasteiger partial charge is 0.239 e. The lowest BCUT2D eigenvalue weighted by atomic mass is 10.2. The van der Waals surface area contributed by atoms with Gasteiger partial charge < -0.3 is 4.74 Å². The Balaban J connectivity index is 2.45. The number of amides is 1. The summed E-state index contributed by atoms with van der Waals surface area (Å²) in [6.45, 7) is 4.70. The summed E-state index contributed by atoms with van der Waals surface area (Å²) in [5.41, 5.74) is 0.961. The molecule has 1 aromatic rings. The predicted molar refractivity (Wildman–Crippen MR) is 82.2 cm³/mol. The number of sulfonamides is 1. The number of carbonyl (C=O) groups excluding carboxylic acids is 1. The Morgan fingerprint density at radius 2 is 1.95 bits per heavy atom. The molecule has 0 saturated heterocycles. The fourth-order valence-electron chi connectivity index (χ4n) is 1.64. The Labute approximate surface area is 131 Å². The Bertz CT molecular complexity index is 631. The van der Waals surface area contributed by atoms with Gasteiger partial charge in [-0.1, -0.05) is 26.0 Å². The van der Waals surface area contributed by atoms with E-state index in [1.54, 1.807) is 12.1 Å². The van der Waals surface area contributed by atoms with Crippen molar-refractivity contribution >= 4 is 15.9 Å². The van der Waals surface area contributed by atoms with Crippen LogP contribution in [0.15, 0.2) is 24.3 Å². The van der Waals surface area contributed by atoms with Crippen molar-refractivity contribution in [3.05, 3.63) is 35.4 Å². The van der Waals surface area contributed by atoms with Crippen LogP contribution >= 0.6 is 0 Å². The van der Waals surface area contributed by atoms with E-state index in [0.29, 0.717) is 23.7 Å². The summed E-state index contributed by atoms with van der Waals surface area (Å²) in [5, 5.41) is 8.68. The molecule has 0 aliphatic heterocycles. The van der Waals surface area contributed by atoms with Gasteiger partial charge in [0.2, 0.25) is 15.9 Å². The molecule has 1 aromatic carbocycles. The van der Waals surface area contributed by atoms with E-state index < -0.39 is 15.9 Å². The average Bonchev–Trinajstić information content (AvgIpc) is 2.43. The number of ether oxygens (including phenoxy) is 1. The van der Waals surface area contributed by atoms with Gasteiger partial charge in [-0.05, 0) is 23.6 Å². The molecule has 0 radical (unpaired) electrons. The molecule has 22 heavy (non-hydrogen) atoms. The molecule has 0 spiro atoms. The molecule has 1 N–H and O–H groups in total. The van der Waals surface area contributed by atoms with Gasteiger partial charge in [-0.3, -0.25) is 9.52 Å². The number of nitriles is 1. The fourth-order valence-corrected chi connectivity index (χ4v) is 2.79. The second-order valence-corrected chi connectivity index (χ2v) is 7.03. The number of hydrogen-bond acceptors (Lipinski definition) is 5. The van der Waals surface area contributed by atoms with Crippen LogP contribution in [0, 0.1) is 17.2 Å². The third-order valence-electron chi connectivity index (χ3n) is 2.63. The quantitative estimate of drug-likeness (QED) is 0.732. The minimum absolute atomic E-state index is 0.000674. The maximum Gasteiger partial charge on any atom is 0.239 e. The molecule has 1 amide bonds.